The topological polar surface area (TPSA) is 79.8 Å². The van der Waals surface area contributed by atoms with Gasteiger partial charge in [-0.05, 0) is 55.2 Å². The van der Waals surface area contributed by atoms with E-state index in [9.17, 15) is 8.42 Å². The molecule has 0 radical (unpaired) electrons. The van der Waals surface area contributed by atoms with Gasteiger partial charge in [0.2, 0.25) is 0 Å². The molecule has 0 aliphatic rings. The number of ether oxygens (including phenoxy) is 1. The largest absolute Gasteiger partial charge is 0.497 e. The molecule has 0 aliphatic carbocycles. The van der Waals surface area contributed by atoms with Crippen LogP contribution in [0.25, 0.3) is 0 Å². The number of methoxy groups -OCH3 is 1. The second-order valence-electron chi connectivity index (χ2n) is 6.45. The molecule has 0 bridgehead atoms. The minimum atomic E-state index is -3.15. The zero-order valence-corrected chi connectivity index (χ0v) is 20.3. The zero-order chi connectivity index (χ0) is 20.4. The number of guanidine groups is 1. The summed E-state index contributed by atoms with van der Waals surface area (Å²) in [5.74, 6) is 1.64. The van der Waals surface area contributed by atoms with Gasteiger partial charge in [-0.1, -0.05) is 24.3 Å². The van der Waals surface area contributed by atoms with E-state index >= 15 is 0 Å². The van der Waals surface area contributed by atoms with Crippen molar-refractivity contribution in [2.45, 2.75) is 24.7 Å². The number of hydrogen-bond donors (Lipinski definition) is 2. The molecule has 0 fully saturated rings. The maximum atomic E-state index is 11.5. The van der Waals surface area contributed by atoms with Crippen LogP contribution in [0.4, 0.5) is 0 Å². The van der Waals surface area contributed by atoms with Crippen LogP contribution in [-0.4, -0.2) is 47.4 Å². The third-order valence-electron chi connectivity index (χ3n) is 4.23. The van der Waals surface area contributed by atoms with E-state index in [1.807, 2.05) is 31.2 Å². The van der Waals surface area contributed by atoms with Gasteiger partial charge in [-0.2, -0.15) is 0 Å². The maximum Gasteiger partial charge on any atom is 0.191 e. The summed E-state index contributed by atoms with van der Waals surface area (Å²) in [4.78, 5) is 4.94. The lowest BCUT2D eigenvalue weighted by molar-refractivity contribution is 0.414. The van der Waals surface area contributed by atoms with E-state index in [1.165, 1.54) is 11.8 Å². The molecule has 0 saturated heterocycles. The van der Waals surface area contributed by atoms with E-state index in [0.29, 0.717) is 11.4 Å². The fourth-order valence-electron chi connectivity index (χ4n) is 2.66. The Kier molecular flexibility index (Phi) is 11.0. The van der Waals surface area contributed by atoms with Crippen molar-refractivity contribution in [3.63, 3.8) is 0 Å². The van der Waals surface area contributed by atoms with Crippen LogP contribution in [0, 0.1) is 0 Å². The van der Waals surface area contributed by atoms with E-state index in [2.05, 4.69) is 27.8 Å². The molecule has 0 saturated carbocycles. The average molecular weight is 531 g/mol. The Bertz CT molecular complexity index is 867. The monoisotopic (exact) mass is 531 g/mol. The van der Waals surface area contributed by atoms with E-state index in [0.717, 1.165) is 43.2 Å². The van der Waals surface area contributed by atoms with Crippen molar-refractivity contribution in [1.82, 2.24) is 10.6 Å². The van der Waals surface area contributed by atoms with E-state index in [1.54, 1.807) is 19.2 Å². The van der Waals surface area contributed by atoms with Crippen LogP contribution in [0.2, 0.25) is 0 Å². The lowest BCUT2D eigenvalue weighted by Crippen LogP contribution is -2.38. The standard InChI is InChI=1S/C21H29N3O3S.HI/c1-4-22-21(23-15-13-17-5-9-19(27-2)10-6-17)24-16-14-18-7-11-20(12-8-18)28(3,25)26;/h5-12H,4,13-16H2,1-3H3,(H2,22,23,24);1H. The molecule has 0 unspecified atom stereocenters. The van der Waals surface area contributed by atoms with Crippen LogP contribution in [0.15, 0.2) is 58.4 Å². The predicted molar refractivity (Wildman–Crippen MR) is 129 cm³/mol. The Balaban J connectivity index is 0.00000420. The molecule has 0 amide bonds. The van der Waals surface area contributed by atoms with Gasteiger partial charge in [-0.3, -0.25) is 4.99 Å². The highest BCUT2D eigenvalue weighted by Gasteiger charge is 2.06. The molecule has 0 heterocycles. The molecule has 8 heteroatoms. The smallest absolute Gasteiger partial charge is 0.191 e. The Labute approximate surface area is 191 Å². The first-order valence-corrected chi connectivity index (χ1v) is 11.3. The van der Waals surface area contributed by atoms with Crippen LogP contribution in [-0.2, 0) is 22.7 Å². The highest BCUT2D eigenvalue weighted by molar-refractivity contribution is 14.0. The van der Waals surface area contributed by atoms with Crippen LogP contribution < -0.4 is 15.4 Å². The Morgan fingerprint density at radius 2 is 1.55 bits per heavy atom. The van der Waals surface area contributed by atoms with Crippen LogP contribution in [0.3, 0.4) is 0 Å². The summed E-state index contributed by atoms with van der Waals surface area (Å²) in [6.07, 6.45) is 2.85. The van der Waals surface area contributed by atoms with Crippen LogP contribution in [0.5, 0.6) is 5.75 Å². The van der Waals surface area contributed by atoms with Gasteiger partial charge in [-0.15, -0.1) is 24.0 Å². The second-order valence-corrected chi connectivity index (χ2v) is 8.47. The molecule has 160 valence electrons. The molecule has 2 aromatic carbocycles. The number of nitrogens with zero attached hydrogens (tertiary/aromatic N) is 1. The summed E-state index contributed by atoms with van der Waals surface area (Å²) in [7, 11) is -1.49. The summed E-state index contributed by atoms with van der Waals surface area (Å²) in [5, 5.41) is 6.58. The number of rotatable bonds is 9. The van der Waals surface area contributed by atoms with Gasteiger partial charge in [-0.25, -0.2) is 8.42 Å². The van der Waals surface area contributed by atoms with Crippen LogP contribution in [0.1, 0.15) is 18.1 Å². The van der Waals surface area contributed by atoms with Crippen molar-refractivity contribution in [2.75, 3.05) is 33.0 Å². The summed E-state index contributed by atoms with van der Waals surface area (Å²) >= 11 is 0. The number of halogens is 1. The van der Waals surface area contributed by atoms with Crippen molar-refractivity contribution in [2.24, 2.45) is 4.99 Å². The van der Waals surface area contributed by atoms with Gasteiger partial charge >= 0.3 is 0 Å². The summed E-state index contributed by atoms with van der Waals surface area (Å²) < 4.78 is 28.2. The normalized spacial score (nSPS) is 11.5. The molecule has 2 N–H and O–H groups in total. The third kappa shape index (κ3) is 9.03. The van der Waals surface area contributed by atoms with Crippen molar-refractivity contribution < 1.29 is 13.2 Å². The Morgan fingerprint density at radius 3 is 2.10 bits per heavy atom. The molecule has 0 spiro atoms. The van der Waals surface area contributed by atoms with Gasteiger partial charge in [0.1, 0.15) is 5.75 Å². The van der Waals surface area contributed by atoms with E-state index in [-0.39, 0.29) is 24.0 Å². The Morgan fingerprint density at radius 1 is 0.966 bits per heavy atom. The van der Waals surface area contributed by atoms with Gasteiger partial charge < -0.3 is 15.4 Å². The molecule has 0 aromatic heterocycles. The van der Waals surface area contributed by atoms with Crippen molar-refractivity contribution >= 4 is 39.8 Å². The van der Waals surface area contributed by atoms with Crippen LogP contribution >= 0.6 is 24.0 Å². The quantitative estimate of drug-likeness (QED) is 0.296. The molecule has 2 aromatic rings. The summed E-state index contributed by atoms with van der Waals surface area (Å²) in [6, 6.07) is 15.0. The number of sulfone groups is 1. The molecule has 6 nitrogen and oxygen atoms in total. The fraction of sp³-hybridized carbons (Fsp3) is 0.381. The number of aliphatic imine (C=N–C) groups is 1. The first kappa shape index (κ1) is 25.2. The number of benzene rings is 2. The first-order chi connectivity index (χ1) is 13.4. The zero-order valence-electron chi connectivity index (χ0n) is 17.1. The molecular formula is C21H30IN3O3S. The molecule has 29 heavy (non-hydrogen) atoms. The predicted octanol–water partition coefficient (Wildman–Crippen LogP) is 3.06. The lowest BCUT2D eigenvalue weighted by Gasteiger charge is -2.11. The Hall–Kier alpha value is -1.81. The average Bonchev–Trinajstić information content (AvgIpc) is 2.68. The van der Waals surface area contributed by atoms with E-state index < -0.39 is 9.84 Å². The molecule has 0 aliphatic heterocycles. The highest BCUT2D eigenvalue weighted by Crippen LogP contribution is 2.12. The second kappa shape index (κ2) is 12.7. The van der Waals surface area contributed by atoms with Gasteiger partial charge in [0.15, 0.2) is 15.8 Å². The minimum Gasteiger partial charge on any atom is -0.497 e. The van der Waals surface area contributed by atoms with Crippen molar-refractivity contribution in [3.8, 4) is 5.75 Å². The number of nitrogens with one attached hydrogen (secondary N) is 2. The lowest BCUT2D eigenvalue weighted by atomic mass is 10.1. The highest BCUT2D eigenvalue weighted by atomic mass is 127. The van der Waals surface area contributed by atoms with Gasteiger partial charge in [0.05, 0.1) is 12.0 Å². The minimum absolute atomic E-state index is 0. The molecule has 0 atom stereocenters. The summed E-state index contributed by atoms with van der Waals surface area (Å²) in [5.41, 5.74) is 2.29. The third-order valence-corrected chi connectivity index (χ3v) is 5.36. The van der Waals surface area contributed by atoms with Crippen molar-refractivity contribution in [3.05, 3.63) is 59.7 Å². The first-order valence-electron chi connectivity index (χ1n) is 9.36. The molecular weight excluding hydrogens is 501 g/mol. The van der Waals surface area contributed by atoms with Gasteiger partial charge in [0, 0.05) is 25.9 Å². The maximum absolute atomic E-state index is 11.5. The van der Waals surface area contributed by atoms with E-state index in [4.69, 9.17) is 4.74 Å². The number of hydrogen-bond acceptors (Lipinski definition) is 4. The SMILES string of the molecule is CCNC(=NCCc1ccc(S(C)(=O)=O)cc1)NCCc1ccc(OC)cc1.I. The fourth-order valence-corrected chi connectivity index (χ4v) is 3.29. The molecule has 2 rings (SSSR count). The summed E-state index contributed by atoms with van der Waals surface area (Å²) in [6.45, 7) is 4.22. The van der Waals surface area contributed by atoms with Crippen molar-refractivity contribution in [1.29, 1.82) is 0 Å². The van der Waals surface area contributed by atoms with Gasteiger partial charge in [0.25, 0.3) is 0 Å².